The number of hydrogen-bond acceptors (Lipinski definition) is 5. The van der Waals surface area contributed by atoms with E-state index in [1.807, 2.05) is 32.0 Å². The third kappa shape index (κ3) is 4.13. The van der Waals surface area contributed by atoms with E-state index in [-0.39, 0.29) is 18.6 Å². The second kappa shape index (κ2) is 7.99. The molecule has 0 aliphatic carbocycles. The minimum Gasteiger partial charge on any atom is -0.454 e. The number of fused-ring (bicyclic) bond motifs is 1. The van der Waals surface area contributed by atoms with Crippen molar-refractivity contribution in [3.63, 3.8) is 0 Å². The maximum atomic E-state index is 12.6. The predicted molar refractivity (Wildman–Crippen MR) is 104 cm³/mol. The van der Waals surface area contributed by atoms with Crippen molar-refractivity contribution < 1.29 is 19.1 Å². The molecule has 0 saturated heterocycles. The molecule has 7 heteroatoms. The number of carbonyl (C=O) groups excluding carboxylic acids is 2. The van der Waals surface area contributed by atoms with Gasteiger partial charge in [0, 0.05) is 37.6 Å². The van der Waals surface area contributed by atoms with Crippen molar-refractivity contribution in [2.75, 3.05) is 37.6 Å². The van der Waals surface area contributed by atoms with Crippen molar-refractivity contribution >= 4 is 23.2 Å². The molecule has 0 atom stereocenters. The van der Waals surface area contributed by atoms with Crippen molar-refractivity contribution in [3.8, 4) is 11.5 Å². The molecule has 0 fully saturated rings. The smallest absolute Gasteiger partial charge is 0.255 e. The quantitative estimate of drug-likeness (QED) is 0.818. The van der Waals surface area contributed by atoms with E-state index in [2.05, 4.69) is 10.6 Å². The second-order valence-electron chi connectivity index (χ2n) is 6.40. The first-order valence-electron chi connectivity index (χ1n) is 8.80. The predicted octanol–water partition coefficient (Wildman–Crippen LogP) is 2.87. The standard InChI is InChI=1S/C20H23N3O4/c1-4-9-21-20(25)15-11-14(6-7-16(15)23(2)3)22-19(24)13-5-8-17-18(10-13)27-12-26-17/h5-8,10-11H,4,9,12H2,1-3H3,(H,21,25)(H,22,24). The minimum atomic E-state index is -0.286. The molecule has 142 valence electrons. The molecule has 0 saturated carbocycles. The summed E-state index contributed by atoms with van der Waals surface area (Å²) >= 11 is 0. The first kappa shape index (κ1) is 18.6. The summed E-state index contributed by atoms with van der Waals surface area (Å²) < 4.78 is 10.6. The summed E-state index contributed by atoms with van der Waals surface area (Å²) in [6.45, 7) is 2.75. The molecule has 2 aromatic rings. The van der Waals surface area contributed by atoms with Crippen LogP contribution in [0.25, 0.3) is 0 Å². The van der Waals surface area contributed by atoms with E-state index < -0.39 is 0 Å². The van der Waals surface area contributed by atoms with Gasteiger partial charge >= 0.3 is 0 Å². The Kier molecular flexibility index (Phi) is 5.49. The number of hydrogen-bond donors (Lipinski definition) is 2. The highest BCUT2D eigenvalue weighted by atomic mass is 16.7. The van der Waals surface area contributed by atoms with Crippen LogP contribution in [0.1, 0.15) is 34.1 Å². The van der Waals surface area contributed by atoms with Gasteiger partial charge in [0.15, 0.2) is 11.5 Å². The zero-order valence-electron chi connectivity index (χ0n) is 15.7. The van der Waals surface area contributed by atoms with Crippen molar-refractivity contribution in [1.29, 1.82) is 0 Å². The number of nitrogens with zero attached hydrogens (tertiary/aromatic N) is 1. The zero-order chi connectivity index (χ0) is 19.4. The lowest BCUT2D eigenvalue weighted by Gasteiger charge is -2.18. The SMILES string of the molecule is CCCNC(=O)c1cc(NC(=O)c2ccc3c(c2)OCO3)ccc1N(C)C. The van der Waals surface area contributed by atoms with Gasteiger partial charge in [-0.15, -0.1) is 0 Å². The van der Waals surface area contributed by atoms with Crippen LogP contribution in [0.2, 0.25) is 0 Å². The summed E-state index contributed by atoms with van der Waals surface area (Å²) in [5.74, 6) is 0.715. The summed E-state index contributed by atoms with van der Waals surface area (Å²) in [7, 11) is 3.74. The zero-order valence-corrected chi connectivity index (χ0v) is 15.7. The molecule has 0 aromatic heterocycles. The third-order valence-corrected chi connectivity index (χ3v) is 4.15. The number of amides is 2. The van der Waals surface area contributed by atoms with Gasteiger partial charge in [-0.25, -0.2) is 0 Å². The Hall–Kier alpha value is -3.22. The lowest BCUT2D eigenvalue weighted by molar-refractivity contribution is 0.0952. The number of rotatable bonds is 6. The highest BCUT2D eigenvalue weighted by molar-refractivity contribution is 6.06. The Morgan fingerprint density at radius 2 is 1.81 bits per heavy atom. The highest BCUT2D eigenvalue weighted by Gasteiger charge is 2.18. The number of carbonyl (C=O) groups is 2. The van der Waals surface area contributed by atoms with Crippen LogP contribution >= 0.6 is 0 Å². The molecular weight excluding hydrogens is 346 g/mol. The molecule has 0 bridgehead atoms. The van der Waals surface area contributed by atoms with Gasteiger partial charge < -0.3 is 25.0 Å². The fourth-order valence-electron chi connectivity index (χ4n) is 2.76. The van der Waals surface area contributed by atoms with E-state index in [1.165, 1.54) is 0 Å². The summed E-state index contributed by atoms with van der Waals surface area (Å²) in [5, 5.41) is 5.71. The molecule has 1 heterocycles. The molecular formula is C20H23N3O4. The molecule has 2 aromatic carbocycles. The Morgan fingerprint density at radius 3 is 2.56 bits per heavy atom. The van der Waals surface area contributed by atoms with Gasteiger partial charge in [0.1, 0.15) is 0 Å². The largest absolute Gasteiger partial charge is 0.454 e. The van der Waals surface area contributed by atoms with Crippen LogP contribution in [-0.4, -0.2) is 39.2 Å². The monoisotopic (exact) mass is 369 g/mol. The van der Waals surface area contributed by atoms with Crippen LogP contribution in [0.4, 0.5) is 11.4 Å². The highest BCUT2D eigenvalue weighted by Crippen LogP contribution is 2.32. The fraction of sp³-hybridized carbons (Fsp3) is 0.300. The average Bonchev–Trinajstić information content (AvgIpc) is 3.13. The van der Waals surface area contributed by atoms with Crippen LogP contribution in [0.3, 0.4) is 0 Å². The average molecular weight is 369 g/mol. The van der Waals surface area contributed by atoms with Crippen LogP contribution in [-0.2, 0) is 0 Å². The Labute approximate surface area is 158 Å². The van der Waals surface area contributed by atoms with Gasteiger partial charge in [-0.05, 0) is 42.8 Å². The Bertz CT molecular complexity index is 864. The van der Waals surface area contributed by atoms with E-state index in [4.69, 9.17) is 9.47 Å². The van der Waals surface area contributed by atoms with Gasteiger partial charge in [0.05, 0.1) is 5.56 Å². The fourth-order valence-corrected chi connectivity index (χ4v) is 2.76. The molecule has 0 radical (unpaired) electrons. The van der Waals surface area contributed by atoms with E-state index in [9.17, 15) is 9.59 Å². The first-order valence-corrected chi connectivity index (χ1v) is 8.80. The van der Waals surface area contributed by atoms with Gasteiger partial charge in [-0.1, -0.05) is 6.92 Å². The maximum Gasteiger partial charge on any atom is 0.255 e. The number of benzene rings is 2. The Morgan fingerprint density at radius 1 is 1.04 bits per heavy atom. The topological polar surface area (TPSA) is 79.9 Å². The van der Waals surface area contributed by atoms with E-state index in [0.29, 0.717) is 34.9 Å². The summed E-state index contributed by atoms with van der Waals surface area (Å²) in [5.41, 5.74) is 2.29. The molecule has 1 aliphatic heterocycles. The molecule has 2 amide bonds. The molecule has 3 rings (SSSR count). The third-order valence-electron chi connectivity index (χ3n) is 4.15. The Balaban J connectivity index is 1.82. The van der Waals surface area contributed by atoms with Crippen LogP contribution < -0.4 is 25.0 Å². The van der Waals surface area contributed by atoms with Gasteiger partial charge in [-0.2, -0.15) is 0 Å². The molecule has 27 heavy (non-hydrogen) atoms. The van der Waals surface area contributed by atoms with Crippen LogP contribution in [0.15, 0.2) is 36.4 Å². The summed E-state index contributed by atoms with van der Waals surface area (Å²) in [6, 6.07) is 10.3. The molecule has 1 aliphatic rings. The normalized spacial score (nSPS) is 11.8. The summed E-state index contributed by atoms with van der Waals surface area (Å²) in [6.07, 6.45) is 0.851. The van der Waals surface area contributed by atoms with Gasteiger partial charge in [0.25, 0.3) is 11.8 Å². The van der Waals surface area contributed by atoms with E-state index in [0.717, 1.165) is 12.1 Å². The van der Waals surface area contributed by atoms with Crippen molar-refractivity contribution in [2.45, 2.75) is 13.3 Å². The number of nitrogens with one attached hydrogen (secondary N) is 2. The molecule has 7 nitrogen and oxygen atoms in total. The van der Waals surface area contributed by atoms with Crippen molar-refractivity contribution in [3.05, 3.63) is 47.5 Å². The summed E-state index contributed by atoms with van der Waals surface area (Å²) in [4.78, 5) is 26.9. The van der Waals surface area contributed by atoms with Gasteiger partial charge in [-0.3, -0.25) is 9.59 Å². The van der Waals surface area contributed by atoms with Crippen LogP contribution in [0, 0.1) is 0 Å². The van der Waals surface area contributed by atoms with Crippen LogP contribution in [0.5, 0.6) is 11.5 Å². The number of ether oxygens (including phenoxy) is 2. The molecule has 2 N–H and O–H groups in total. The number of anilines is 2. The maximum absolute atomic E-state index is 12.6. The van der Waals surface area contributed by atoms with Crippen molar-refractivity contribution in [2.24, 2.45) is 0 Å². The lowest BCUT2D eigenvalue weighted by Crippen LogP contribution is -2.26. The molecule has 0 unspecified atom stereocenters. The second-order valence-corrected chi connectivity index (χ2v) is 6.40. The van der Waals surface area contributed by atoms with Crippen molar-refractivity contribution in [1.82, 2.24) is 5.32 Å². The minimum absolute atomic E-state index is 0.155. The first-order chi connectivity index (χ1) is 13.0. The molecule has 0 spiro atoms. The van der Waals surface area contributed by atoms with E-state index >= 15 is 0 Å². The lowest BCUT2D eigenvalue weighted by atomic mass is 10.1. The van der Waals surface area contributed by atoms with Gasteiger partial charge in [0.2, 0.25) is 6.79 Å². The van der Waals surface area contributed by atoms with E-state index in [1.54, 1.807) is 30.3 Å².